The van der Waals surface area contributed by atoms with Crippen LogP contribution >= 0.6 is 0 Å². The summed E-state index contributed by atoms with van der Waals surface area (Å²) < 4.78 is 5.59. The van der Waals surface area contributed by atoms with Crippen LogP contribution in [-0.4, -0.2) is 34.6 Å². The average Bonchev–Trinajstić information content (AvgIpc) is 2.98. The molecule has 7 heteroatoms. The van der Waals surface area contributed by atoms with E-state index in [-0.39, 0.29) is 6.03 Å². The molecule has 0 saturated carbocycles. The lowest BCUT2D eigenvalue weighted by Crippen LogP contribution is -2.28. The SMILES string of the molecule is CCNC(=O)Nc1nc2c(C)c(OC)c(-c3cccnc3)cc2[nH]1. The van der Waals surface area contributed by atoms with Gasteiger partial charge in [0.25, 0.3) is 0 Å². The Morgan fingerprint density at radius 1 is 1.42 bits per heavy atom. The molecule has 2 heterocycles. The van der Waals surface area contributed by atoms with E-state index in [0.717, 1.165) is 33.5 Å². The topological polar surface area (TPSA) is 91.9 Å². The van der Waals surface area contributed by atoms with E-state index in [9.17, 15) is 4.79 Å². The summed E-state index contributed by atoms with van der Waals surface area (Å²) in [6.45, 7) is 4.34. The molecule has 2 amide bonds. The first-order chi connectivity index (χ1) is 11.6. The second-order valence-corrected chi connectivity index (χ2v) is 5.29. The number of carbonyl (C=O) groups excluding carboxylic acids is 1. The molecule has 7 nitrogen and oxygen atoms in total. The van der Waals surface area contributed by atoms with Crippen LogP contribution in [0.15, 0.2) is 30.6 Å². The second kappa shape index (κ2) is 6.57. The Balaban J connectivity index is 2.09. The zero-order valence-corrected chi connectivity index (χ0v) is 13.8. The van der Waals surface area contributed by atoms with E-state index in [1.807, 2.05) is 32.0 Å². The molecular weight excluding hydrogens is 306 g/mol. The highest BCUT2D eigenvalue weighted by Gasteiger charge is 2.16. The number of aromatic nitrogens is 3. The molecule has 0 aliphatic rings. The number of ether oxygens (including phenoxy) is 1. The number of nitrogens with one attached hydrogen (secondary N) is 3. The average molecular weight is 325 g/mol. The van der Waals surface area contributed by atoms with Crippen molar-refractivity contribution in [3.8, 4) is 16.9 Å². The Kier molecular flexibility index (Phi) is 4.33. The number of methoxy groups -OCH3 is 1. The van der Waals surface area contributed by atoms with E-state index in [0.29, 0.717) is 12.5 Å². The van der Waals surface area contributed by atoms with Crippen molar-refractivity contribution in [2.24, 2.45) is 0 Å². The zero-order valence-electron chi connectivity index (χ0n) is 13.8. The molecule has 3 N–H and O–H groups in total. The number of urea groups is 1. The van der Waals surface area contributed by atoms with Gasteiger partial charge in [0.15, 0.2) is 0 Å². The van der Waals surface area contributed by atoms with Crippen LogP contribution < -0.4 is 15.4 Å². The van der Waals surface area contributed by atoms with Crippen molar-refractivity contribution in [3.63, 3.8) is 0 Å². The minimum absolute atomic E-state index is 0.298. The quantitative estimate of drug-likeness (QED) is 0.687. The molecule has 124 valence electrons. The van der Waals surface area contributed by atoms with E-state index in [4.69, 9.17) is 4.74 Å². The monoisotopic (exact) mass is 325 g/mol. The maximum atomic E-state index is 11.7. The zero-order chi connectivity index (χ0) is 17.1. The second-order valence-electron chi connectivity index (χ2n) is 5.29. The van der Waals surface area contributed by atoms with Crippen LogP contribution in [0.3, 0.4) is 0 Å². The number of benzene rings is 1. The number of carbonyl (C=O) groups is 1. The fourth-order valence-electron chi connectivity index (χ4n) is 2.67. The molecule has 0 aliphatic heterocycles. The van der Waals surface area contributed by atoms with Gasteiger partial charge >= 0.3 is 6.03 Å². The van der Waals surface area contributed by atoms with Gasteiger partial charge in [-0.25, -0.2) is 9.78 Å². The van der Waals surface area contributed by atoms with Gasteiger partial charge < -0.3 is 15.0 Å². The van der Waals surface area contributed by atoms with Crippen LogP contribution in [0, 0.1) is 6.92 Å². The fourth-order valence-corrected chi connectivity index (χ4v) is 2.67. The third-order valence-electron chi connectivity index (χ3n) is 3.71. The van der Waals surface area contributed by atoms with Gasteiger partial charge in [-0.05, 0) is 26.0 Å². The van der Waals surface area contributed by atoms with Crippen molar-refractivity contribution >= 4 is 23.0 Å². The number of hydrogen-bond acceptors (Lipinski definition) is 4. The van der Waals surface area contributed by atoms with E-state index in [2.05, 4.69) is 25.6 Å². The fraction of sp³-hybridized carbons (Fsp3) is 0.235. The molecule has 24 heavy (non-hydrogen) atoms. The number of aryl methyl sites for hydroxylation is 1. The first-order valence-corrected chi connectivity index (χ1v) is 7.66. The molecule has 0 bridgehead atoms. The molecule has 1 aromatic carbocycles. The van der Waals surface area contributed by atoms with Crippen LogP contribution in [0.4, 0.5) is 10.7 Å². The molecule has 0 atom stereocenters. The normalized spacial score (nSPS) is 10.6. The molecule has 0 saturated heterocycles. The van der Waals surface area contributed by atoms with E-state index < -0.39 is 0 Å². The van der Waals surface area contributed by atoms with Crippen molar-refractivity contribution in [1.82, 2.24) is 20.3 Å². The molecule has 3 aromatic rings. The highest BCUT2D eigenvalue weighted by molar-refractivity contribution is 5.93. The van der Waals surface area contributed by atoms with Crippen molar-refractivity contribution in [2.75, 3.05) is 19.0 Å². The van der Waals surface area contributed by atoms with Gasteiger partial charge in [-0.2, -0.15) is 0 Å². The lowest BCUT2D eigenvalue weighted by atomic mass is 10.0. The number of rotatable bonds is 4. The highest BCUT2D eigenvalue weighted by atomic mass is 16.5. The van der Waals surface area contributed by atoms with Crippen LogP contribution in [0.25, 0.3) is 22.2 Å². The summed E-state index contributed by atoms with van der Waals surface area (Å²) in [4.78, 5) is 23.4. The largest absolute Gasteiger partial charge is 0.496 e. The molecule has 2 aromatic heterocycles. The third-order valence-corrected chi connectivity index (χ3v) is 3.71. The lowest BCUT2D eigenvalue weighted by Gasteiger charge is -2.11. The predicted octanol–water partition coefficient (Wildman–Crippen LogP) is 3.08. The number of fused-ring (bicyclic) bond motifs is 1. The smallest absolute Gasteiger partial charge is 0.321 e. The summed E-state index contributed by atoms with van der Waals surface area (Å²) >= 11 is 0. The molecule has 0 aliphatic carbocycles. The summed E-state index contributed by atoms with van der Waals surface area (Å²) in [6, 6.07) is 5.51. The molecule has 0 spiro atoms. The van der Waals surface area contributed by atoms with Crippen molar-refractivity contribution in [2.45, 2.75) is 13.8 Å². The van der Waals surface area contributed by atoms with E-state index in [1.54, 1.807) is 19.5 Å². The van der Waals surface area contributed by atoms with Crippen molar-refractivity contribution < 1.29 is 9.53 Å². The number of pyridine rings is 1. The van der Waals surface area contributed by atoms with Crippen molar-refractivity contribution in [1.29, 1.82) is 0 Å². The summed E-state index contributed by atoms with van der Waals surface area (Å²) in [5, 5.41) is 5.36. The Morgan fingerprint density at radius 3 is 2.92 bits per heavy atom. The summed E-state index contributed by atoms with van der Waals surface area (Å²) in [5.74, 6) is 1.14. The van der Waals surface area contributed by atoms with Gasteiger partial charge in [-0.15, -0.1) is 0 Å². The number of H-pyrrole nitrogens is 1. The Morgan fingerprint density at radius 2 is 2.25 bits per heavy atom. The highest BCUT2D eigenvalue weighted by Crippen LogP contribution is 2.37. The van der Waals surface area contributed by atoms with Gasteiger partial charge in [-0.3, -0.25) is 10.3 Å². The lowest BCUT2D eigenvalue weighted by molar-refractivity contribution is 0.252. The van der Waals surface area contributed by atoms with Gasteiger partial charge in [-0.1, -0.05) is 6.07 Å². The molecule has 3 rings (SSSR count). The van der Waals surface area contributed by atoms with Gasteiger partial charge in [0.05, 0.1) is 18.1 Å². The first-order valence-electron chi connectivity index (χ1n) is 7.66. The Bertz CT molecular complexity index is 874. The summed E-state index contributed by atoms with van der Waals surface area (Å²) in [6.07, 6.45) is 3.51. The number of nitrogens with zero attached hydrogens (tertiary/aromatic N) is 2. The van der Waals surface area contributed by atoms with Gasteiger partial charge in [0, 0.05) is 35.6 Å². The minimum Gasteiger partial charge on any atom is -0.496 e. The number of imidazole rings is 1. The van der Waals surface area contributed by atoms with Crippen LogP contribution in [-0.2, 0) is 0 Å². The number of amides is 2. The van der Waals surface area contributed by atoms with Crippen LogP contribution in [0.2, 0.25) is 0 Å². The molecular formula is C17H19N5O2. The molecule has 0 fully saturated rings. The number of aromatic amines is 1. The van der Waals surface area contributed by atoms with Crippen LogP contribution in [0.5, 0.6) is 5.75 Å². The standard InChI is InChI=1S/C17H19N5O2/c1-4-19-17(23)22-16-20-13-8-12(11-6-5-7-18-9-11)15(24-3)10(2)14(13)21-16/h5-9H,4H2,1-3H3,(H3,19,20,21,22,23). The number of anilines is 1. The maximum Gasteiger partial charge on any atom is 0.321 e. The Hall–Kier alpha value is -3.09. The maximum absolute atomic E-state index is 11.7. The van der Waals surface area contributed by atoms with E-state index in [1.165, 1.54) is 0 Å². The summed E-state index contributed by atoms with van der Waals surface area (Å²) in [7, 11) is 1.63. The number of hydrogen-bond donors (Lipinski definition) is 3. The van der Waals surface area contributed by atoms with Crippen molar-refractivity contribution in [3.05, 3.63) is 36.2 Å². The van der Waals surface area contributed by atoms with E-state index >= 15 is 0 Å². The first kappa shape index (κ1) is 15.8. The molecule has 0 unspecified atom stereocenters. The predicted molar refractivity (Wildman–Crippen MR) is 93.3 cm³/mol. The minimum atomic E-state index is -0.298. The summed E-state index contributed by atoms with van der Waals surface area (Å²) in [5.41, 5.74) is 4.34. The van der Waals surface area contributed by atoms with Gasteiger partial charge in [0.2, 0.25) is 5.95 Å². The van der Waals surface area contributed by atoms with Gasteiger partial charge in [0.1, 0.15) is 5.75 Å². The molecule has 0 radical (unpaired) electrons. The Labute approximate surface area is 139 Å². The third kappa shape index (κ3) is 2.88. The van der Waals surface area contributed by atoms with Crippen LogP contribution in [0.1, 0.15) is 12.5 Å².